The van der Waals surface area contributed by atoms with Crippen LogP contribution >= 0.6 is 0 Å². The minimum Gasteiger partial charge on any atom is -0.481 e. The predicted octanol–water partition coefficient (Wildman–Crippen LogP) is -1.30. The molecule has 0 radical (unpaired) electrons. The van der Waals surface area contributed by atoms with E-state index in [4.69, 9.17) is 5.11 Å². The smallest absolute Gasteiger partial charge is 0.304 e. The first-order valence-corrected chi connectivity index (χ1v) is 6.35. The second-order valence-corrected chi connectivity index (χ2v) is 5.81. The molecule has 1 heterocycles. The van der Waals surface area contributed by atoms with E-state index in [1.165, 1.54) is 11.4 Å². The van der Waals surface area contributed by atoms with E-state index in [0.29, 0.717) is 6.42 Å². The van der Waals surface area contributed by atoms with E-state index in [2.05, 4.69) is 0 Å². The molecule has 1 aliphatic rings. The van der Waals surface area contributed by atoms with Crippen LogP contribution in [0.4, 0.5) is 0 Å². The maximum atomic E-state index is 11.8. The van der Waals surface area contributed by atoms with E-state index >= 15 is 0 Å². The molecular weight excluding hydrogens is 236 g/mol. The summed E-state index contributed by atoms with van der Waals surface area (Å²) in [6.45, 7) is 0.297. The lowest BCUT2D eigenvalue weighted by Gasteiger charge is -2.23. The first-order chi connectivity index (χ1) is 7.34. The largest absolute Gasteiger partial charge is 0.481 e. The van der Waals surface area contributed by atoms with Crippen LogP contribution in [-0.4, -0.2) is 66.0 Å². The van der Waals surface area contributed by atoms with Gasteiger partial charge in [-0.3, -0.25) is 4.79 Å². The van der Waals surface area contributed by atoms with Gasteiger partial charge in [0.2, 0.25) is 0 Å². The summed E-state index contributed by atoms with van der Waals surface area (Å²) in [4.78, 5) is 10.3. The molecular formula is C8H16N2O5S. The predicted molar refractivity (Wildman–Crippen MR) is 56.0 cm³/mol. The van der Waals surface area contributed by atoms with Gasteiger partial charge in [0.25, 0.3) is 10.2 Å². The highest BCUT2D eigenvalue weighted by molar-refractivity contribution is 7.86. The van der Waals surface area contributed by atoms with Gasteiger partial charge in [-0.2, -0.15) is 17.0 Å². The van der Waals surface area contributed by atoms with Crippen LogP contribution in [0.15, 0.2) is 0 Å². The van der Waals surface area contributed by atoms with Crippen LogP contribution in [0, 0.1) is 0 Å². The lowest BCUT2D eigenvalue weighted by Crippen LogP contribution is -2.41. The van der Waals surface area contributed by atoms with E-state index < -0.39 is 22.3 Å². The Balaban J connectivity index is 2.59. The van der Waals surface area contributed by atoms with Crippen LogP contribution in [0.1, 0.15) is 12.8 Å². The Labute approximate surface area is 94.5 Å². The number of aliphatic hydroxyl groups excluding tert-OH is 1. The lowest BCUT2D eigenvalue weighted by atomic mass is 10.3. The van der Waals surface area contributed by atoms with E-state index in [0.717, 1.165) is 4.31 Å². The third-order valence-electron chi connectivity index (χ3n) is 2.49. The van der Waals surface area contributed by atoms with Crippen LogP contribution in [0.25, 0.3) is 0 Å². The second kappa shape index (κ2) is 5.09. The van der Waals surface area contributed by atoms with Crippen LogP contribution in [0.5, 0.6) is 0 Å². The summed E-state index contributed by atoms with van der Waals surface area (Å²) >= 11 is 0. The maximum Gasteiger partial charge on any atom is 0.304 e. The fraction of sp³-hybridized carbons (Fsp3) is 0.875. The SMILES string of the molecule is CN(CCC(=O)O)S(=O)(=O)N1CC[C@@H](O)C1. The molecule has 0 spiro atoms. The van der Waals surface area contributed by atoms with E-state index in [9.17, 15) is 18.3 Å². The molecule has 0 unspecified atom stereocenters. The molecule has 94 valence electrons. The van der Waals surface area contributed by atoms with Gasteiger partial charge in [-0.1, -0.05) is 0 Å². The van der Waals surface area contributed by atoms with Crippen molar-refractivity contribution in [1.29, 1.82) is 0 Å². The summed E-state index contributed by atoms with van der Waals surface area (Å²) in [5.41, 5.74) is 0. The van der Waals surface area contributed by atoms with Crippen LogP contribution in [0.3, 0.4) is 0 Å². The summed E-state index contributed by atoms with van der Waals surface area (Å²) in [6, 6.07) is 0. The molecule has 2 N–H and O–H groups in total. The van der Waals surface area contributed by atoms with Gasteiger partial charge in [0.05, 0.1) is 12.5 Å². The maximum absolute atomic E-state index is 11.8. The Morgan fingerprint density at radius 2 is 2.19 bits per heavy atom. The molecule has 0 bridgehead atoms. The number of carboxylic acids is 1. The molecule has 8 heteroatoms. The van der Waals surface area contributed by atoms with Crippen LogP contribution < -0.4 is 0 Å². The Hall–Kier alpha value is -0.700. The average molecular weight is 252 g/mol. The van der Waals surface area contributed by atoms with Crippen molar-refractivity contribution in [2.45, 2.75) is 18.9 Å². The van der Waals surface area contributed by atoms with Gasteiger partial charge in [-0.15, -0.1) is 0 Å². The van der Waals surface area contributed by atoms with Crippen molar-refractivity contribution in [1.82, 2.24) is 8.61 Å². The van der Waals surface area contributed by atoms with Crippen molar-refractivity contribution in [3.8, 4) is 0 Å². The second-order valence-electron chi connectivity index (χ2n) is 3.77. The summed E-state index contributed by atoms with van der Waals surface area (Å²) in [5, 5.41) is 17.7. The number of carbonyl (C=O) groups is 1. The van der Waals surface area contributed by atoms with Crippen LogP contribution in [-0.2, 0) is 15.0 Å². The summed E-state index contributed by atoms with van der Waals surface area (Å²) < 4.78 is 25.8. The molecule has 1 saturated heterocycles. The van der Waals surface area contributed by atoms with Gasteiger partial charge in [0, 0.05) is 26.7 Å². The van der Waals surface area contributed by atoms with Gasteiger partial charge >= 0.3 is 5.97 Å². The average Bonchev–Trinajstić information content (AvgIpc) is 2.61. The van der Waals surface area contributed by atoms with E-state index in [1.807, 2.05) is 0 Å². The number of aliphatic hydroxyl groups is 1. The van der Waals surface area contributed by atoms with Crippen molar-refractivity contribution < 1.29 is 23.4 Å². The monoisotopic (exact) mass is 252 g/mol. The topological polar surface area (TPSA) is 98.2 Å². The molecule has 0 amide bonds. The van der Waals surface area contributed by atoms with Gasteiger partial charge in [-0.25, -0.2) is 0 Å². The van der Waals surface area contributed by atoms with E-state index in [1.54, 1.807) is 0 Å². The molecule has 0 aromatic rings. The van der Waals surface area contributed by atoms with Crippen molar-refractivity contribution in [3.05, 3.63) is 0 Å². The Bertz CT molecular complexity index is 355. The standard InChI is InChI=1S/C8H16N2O5S/c1-9(4-3-8(12)13)16(14,15)10-5-2-7(11)6-10/h7,11H,2-6H2,1H3,(H,12,13)/t7-/m1/s1. The minimum absolute atomic E-state index is 0.0652. The van der Waals surface area contributed by atoms with Gasteiger partial charge in [-0.05, 0) is 6.42 Å². The quantitative estimate of drug-likeness (QED) is 0.634. The molecule has 1 atom stereocenters. The third-order valence-corrected chi connectivity index (χ3v) is 4.44. The number of hydrogen-bond acceptors (Lipinski definition) is 4. The normalized spacial score (nSPS) is 22.8. The molecule has 1 fully saturated rings. The molecule has 0 aromatic carbocycles. The summed E-state index contributed by atoms with van der Waals surface area (Å²) in [7, 11) is -2.29. The van der Waals surface area contributed by atoms with Crippen molar-refractivity contribution in [2.24, 2.45) is 0 Å². The molecule has 1 aliphatic heterocycles. The highest BCUT2D eigenvalue weighted by Gasteiger charge is 2.33. The Kier molecular flexibility index (Phi) is 4.25. The molecule has 16 heavy (non-hydrogen) atoms. The molecule has 0 saturated carbocycles. The first kappa shape index (κ1) is 13.4. The first-order valence-electron chi connectivity index (χ1n) is 4.95. The lowest BCUT2D eigenvalue weighted by molar-refractivity contribution is -0.137. The highest BCUT2D eigenvalue weighted by Crippen LogP contribution is 2.15. The molecule has 1 rings (SSSR count). The zero-order valence-corrected chi connectivity index (χ0v) is 9.85. The van der Waals surface area contributed by atoms with Crippen molar-refractivity contribution in [2.75, 3.05) is 26.7 Å². The third kappa shape index (κ3) is 3.14. The number of carboxylic acid groups (broad SMARTS) is 1. The Morgan fingerprint density at radius 1 is 1.56 bits per heavy atom. The number of rotatable bonds is 5. The van der Waals surface area contributed by atoms with Gasteiger partial charge in [0.1, 0.15) is 0 Å². The van der Waals surface area contributed by atoms with Gasteiger partial charge < -0.3 is 10.2 Å². The van der Waals surface area contributed by atoms with Crippen molar-refractivity contribution in [3.63, 3.8) is 0 Å². The van der Waals surface area contributed by atoms with Crippen molar-refractivity contribution >= 4 is 16.2 Å². The van der Waals surface area contributed by atoms with Gasteiger partial charge in [0.15, 0.2) is 0 Å². The molecule has 0 aromatic heterocycles. The highest BCUT2D eigenvalue weighted by atomic mass is 32.2. The number of hydrogen-bond donors (Lipinski definition) is 2. The Morgan fingerprint density at radius 3 is 2.62 bits per heavy atom. The minimum atomic E-state index is -3.62. The molecule has 0 aliphatic carbocycles. The zero-order valence-electron chi connectivity index (χ0n) is 9.03. The summed E-state index contributed by atoms with van der Waals surface area (Å²) in [6.07, 6.45) is -0.430. The summed E-state index contributed by atoms with van der Waals surface area (Å²) in [5.74, 6) is -1.04. The zero-order chi connectivity index (χ0) is 12.3. The number of aliphatic carboxylic acids is 1. The number of nitrogens with zero attached hydrogens (tertiary/aromatic N) is 2. The fourth-order valence-corrected chi connectivity index (χ4v) is 2.90. The fourth-order valence-electron chi connectivity index (χ4n) is 1.49. The van der Waals surface area contributed by atoms with E-state index in [-0.39, 0.29) is 26.1 Å². The molecule has 7 nitrogen and oxygen atoms in total. The van der Waals surface area contributed by atoms with Crippen LogP contribution in [0.2, 0.25) is 0 Å². The number of β-amino-alcohol motifs (C(OH)–C–C–N with tert-alkyl or cyclic N) is 1.